The number of likely N-dealkylation sites (tertiary alicyclic amines) is 2. The summed E-state index contributed by atoms with van der Waals surface area (Å²) in [6, 6.07) is 1.77. The number of rotatable bonds is 5. The lowest BCUT2D eigenvalue weighted by atomic mass is 9.95. The minimum absolute atomic E-state index is 0.0945. The second kappa shape index (κ2) is 13.7. The first-order valence-electron chi connectivity index (χ1n) is 12.6. The van der Waals surface area contributed by atoms with Crippen LogP contribution in [0.1, 0.15) is 36.0 Å². The highest BCUT2D eigenvalue weighted by Gasteiger charge is 2.38. The van der Waals surface area contributed by atoms with Crippen LogP contribution in [-0.4, -0.2) is 80.4 Å². The Kier molecular flexibility index (Phi) is 10.8. The number of amides is 1. The summed E-state index contributed by atoms with van der Waals surface area (Å²) in [5.74, 6) is -1.86. The van der Waals surface area contributed by atoms with Gasteiger partial charge in [-0.25, -0.2) is 9.59 Å². The molecule has 16 heteroatoms. The highest BCUT2D eigenvalue weighted by atomic mass is 32.2. The van der Waals surface area contributed by atoms with Crippen molar-refractivity contribution in [2.24, 2.45) is 10.9 Å². The molecule has 0 aliphatic carbocycles. The number of piperidine rings is 1. The van der Waals surface area contributed by atoms with Crippen molar-refractivity contribution in [3.05, 3.63) is 58.0 Å². The maximum absolute atomic E-state index is 13.4. The smallest absolute Gasteiger partial charge is 0.416 e. The Bertz CT molecular complexity index is 1260. The Labute approximate surface area is 240 Å². The molecule has 230 valence electrons. The van der Waals surface area contributed by atoms with Gasteiger partial charge < -0.3 is 20.2 Å². The van der Waals surface area contributed by atoms with Crippen LogP contribution in [0.4, 0.5) is 31.1 Å². The molecule has 9 nitrogen and oxygen atoms in total. The fourth-order valence-electron chi connectivity index (χ4n) is 4.60. The van der Waals surface area contributed by atoms with Gasteiger partial charge in [0.25, 0.3) is 0 Å². The average Bonchev–Trinajstić information content (AvgIpc) is 3.48. The lowest BCUT2D eigenvalue weighted by Crippen LogP contribution is -2.34. The van der Waals surface area contributed by atoms with Crippen LogP contribution >= 0.6 is 11.8 Å². The number of thioether (sulfide) groups is 1. The van der Waals surface area contributed by atoms with Gasteiger partial charge in [0.1, 0.15) is 5.84 Å². The first-order chi connectivity index (χ1) is 19.5. The molecule has 0 aromatic heterocycles. The summed E-state index contributed by atoms with van der Waals surface area (Å²) in [7, 11) is 0. The van der Waals surface area contributed by atoms with Crippen molar-refractivity contribution in [1.29, 1.82) is 0 Å². The number of β-amino-alcohol motifs (C(OH)–C–C–N with tert-alkyl or cyclic N) is 1. The minimum atomic E-state index is -4.88. The van der Waals surface area contributed by atoms with Crippen LogP contribution < -0.4 is 0 Å². The van der Waals surface area contributed by atoms with E-state index in [1.165, 1.54) is 0 Å². The van der Waals surface area contributed by atoms with Gasteiger partial charge in [0.2, 0.25) is 0 Å². The lowest BCUT2D eigenvalue weighted by molar-refractivity contribution is -0.143. The van der Waals surface area contributed by atoms with Gasteiger partial charge >= 0.3 is 29.5 Å². The molecule has 3 aliphatic rings. The number of aliphatic hydroxyl groups is 1. The molecule has 1 aromatic rings. The third-order valence-corrected chi connectivity index (χ3v) is 7.41. The average molecular weight is 624 g/mol. The number of allylic oxidation sites excluding steroid dienone is 1. The maximum Gasteiger partial charge on any atom is 0.416 e. The Morgan fingerprint density at radius 1 is 0.976 bits per heavy atom. The first kappa shape index (κ1) is 33.1. The SMILES string of the molecule is O=C(O)C=CC(=O)O.O=C1N=C(N2CCC(O)C2)C(=CC2CCN(Cc3ccc(C(F)(F)F)cc3C(F)(F)F)CC2)S1. The van der Waals surface area contributed by atoms with Crippen molar-refractivity contribution in [2.45, 2.75) is 44.3 Å². The molecule has 2 saturated heterocycles. The Hall–Kier alpha value is -3.37. The molecular formula is C26H27F6N3O6S. The Morgan fingerprint density at radius 3 is 2.10 bits per heavy atom. The number of aliphatic hydroxyl groups excluding tert-OH is 1. The molecular weight excluding hydrogens is 596 g/mol. The van der Waals surface area contributed by atoms with E-state index in [2.05, 4.69) is 4.99 Å². The van der Waals surface area contributed by atoms with Crippen LogP contribution in [0.2, 0.25) is 0 Å². The molecule has 0 saturated carbocycles. The van der Waals surface area contributed by atoms with Crippen molar-refractivity contribution in [3.63, 3.8) is 0 Å². The predicted molar refractivity (Wildman–Crippen MR) is 140 cm³/mol. The van der Waals surface area contributed by atoms with Crippen molar-refractivity contribution in [3.8, 4) is 0 Å². The van der Waals surface area contributed by atoms with Crippen LogP contribution in [0.5, 0.6) is 0 Å². The number of carbonyl (C=O) groups is 3. The molecule has 0 radical (unpaired) electrons. The van der Waals surface area contributed by atoms with Gasteiger partial charge in [-0.3, -0.25) is 9.69 Å². The van der Waals surface area contributed by atoms with Crippen molar-refractivity contribution in [1.82, 2.24) is 9.80 Å². The molecule has 42 heavy (non-hydrogen) atoms. The summed E-state index contributed by atoms with van der Waals surface area (Å²) in [4.78, 5) is 39.5. The molecule has 0 spiro atoms. The fraction of sp³-hybridized carbons (Fsp3) is 0.462. The topological polar surface area (TPSA) is 131 Å². The van der Waals surface area contributed by atoms with Gasteiger partial charge in [0, 0.05) is 31.8 Å². The van der Waals surface area contributed by atoms with E-state index in [9.17, 15) is 45.8 Å². The van der Waals surface area contributed by atoms with Crippen LogP contribution in [0.25, 0.3) is 0 Å². The van der Waals surface area contributed by atoms with Crippen molar-refractivity contribution in [2.75, 3.05) is 26.2 Å². The molecule has 2 fully saturated rings. The number of carbonyl (C=O) groups excluding carboxylic acids is 1. The van der Waals surface area contributed by atoms with E-state index in [-0.39, 0.29) is 29.3 Å². The van der Waals surface area contributed by atoms with E-state index in [1.807, 2.05) is 11.0 Å². The van der Waals surface area contributed by atoms with E-state index < -0.39 is 41.5 Å². The monoisotopic (exact) mass is 623 g/mol. The van der Waals surface area contributed by atoms with E-state index in [4.69, 9.17) is 10.2 Å². The summed E-state index contributed by atoms with van der Waals surface area (Å²) in [6.45, 7) is 1.87. The molecule has 4 rings (SSSR count). The van der Waals surface area contributed by atoms with Gasteiger partial charge in [-0.05, 0) is 67.7 Å². The van der Waals surface area contributed by atoms with Gasteiger partial charge in [-0.2, -0.15) is 31.3 Å². The van der Waals surface area contributed by atoms with Crippen LogP contribution in [0.15, 0.2) is 46.3 Å². The predicted octanol–water partition coefficient (Wildman–Crippen LogP) is 4.86. The largest absolute Gasteiger partial charge is 0.478 e. The summed E-state index contributed by atoms with van der Waals surface area (Å²) in [6.07, 6.45) is -5.23. The number of alkyl halides is 6. The molecule has 1 aromatic carbocycles. The second-order valence-corrected chi connectivity index (χ2v) is 10.7. The molecule has 0 bridgehead atoms. The van der Waals surface area contributed by atoms with Crippen molar-refractivity contribution >= 4 is 34.8 Å². The number of nitrogens with zero attached hydrogens (tertiary/aromatic N) is 3. The molecule has 3 heterocycles. The molecule has 1 amide bonds. The number of benzene rings is 1. The fourth-order valence-corrected chi connectivity index (χ4v) is 5.45. The third kappa shape index (κ3) is 9.59. The zero-order chi connectivity index (χ0) is 31.2. The Morgan fingerprint density at radius 2 is 1.60 bits per heavy atom. The van der Waals surface area contributed by atoms with Crippen LogP contribution in [0.3, 0.4) is 0 Å². The molecule has 3 aliphatic heterocycles. The number of hydrogen-bond acceptors (Lipinski definition) is 7. The zero-order valence-electron chi connectivity index (χ0n) is 21.9. The summed E-state index contributed by atoms with van der Waals surface area (Å²) in [5.41, 5.74) is -2.77. The molecule has 3 N–H and O–H groups in total. The lowest BCUT2D eigenvalue weighted by Gasteiger charge is -2.32. The number of aliphatic imine (C=N–C) groups is 1. The Balaban J connectivity index is 0.000000531. The van der Waals surface area contributed by atoms with Crippen molar-refractivity contribution < 1.29 is 56.0 Å². The highest BCUT2D eigenvalue weighted by molar-refractivity contribution is 8.18. The van der Waals surface area contributed by atoms with Gasteiger partial charge in [-0.15, -0.1) is 0 Å². The summed E-state index contributed by atoms with van der Waals surface area (Å²) in [5, 5.41) is 25.1. The standard InChI is InChI=1S/C22H23F6N3O2S.C4H4O4/c23-21(24,25)15-2-1-14(17(10-15)22(26,27)28)11-30-6-3-13(4-7-30)9-18-19(29-20(33)34-18)31-8-5-16(32)12-31;5-3(6)1-2-4(7)8/h1-2,9-10,13,16,32H,3-8,11-12H2;1-2H,(H,5,6)(H,7,8). The maximum atomic E-state index is 13.4. The minimum Gasteiger partial charge on any atom is -0.478 e. The van der Waals surface area contributed by atoms with E-state index in [0.717, 1.165) is 22.7 Å². The number of amidine groups is 1. The van der Waals surface area contributed by atoms with E-state index in [1.54, 1.807) is 4.90 Å². The summed E-state index contributed by atoms with van der Waals surface area (Å²) < 4.78 is 79.0. The normalized spacial score (nSPS) is 21.5. The zero-order valence-corrected chi connectivity index (χ0v) is 22.7. The van der Waals surface area contributed by atoms with E-state index >= 15 is 0 Å². The highest BCUT2D eigenvalue weighted by Crippen LogP contribution is 2.38. The number of aliphatic carboxylic acids is 2. The second-order valence-electron chi connectivity index (χ2n) is 9.71. The number of carboxylic acid groups (broad SMARTS) is 2. The number of hydrogen-bond donors (Lipinski definition) is 3. The number of carboxylic acids is 2. The van der Waals surface area contributed by atoms with Gasteiger partial charge in [-0.1, -0.05) is 12.1 Å². The van der Waals surface area contributed by atoms with Gasteiger partial charge in [0.15, 0.2) is 0 Å². The van der Waals surface area contributed by atoms with E-state index in [0.29, 0.717) is 69.5 Å². The molecule has 1 unspecified atom stereocenters. The number of halogens is 6. The van der Waals surface area contributed by atoms with Crippen LogP contribution in [0, 0.1) is 5.92 Å². The first-order valence-corrected chi connectivity index (χ1v) is 13.4. The molecule has 1 atom stereocenters. The third-order valence-electron chi connectivity index (χ3n) is 6.60. The quantitative estimate of drug-likeness (QED) is 0.311. The van der Waals surface area contributed by atoms with Crippen LogP contribution in [-0.2, 0) is 28.5 Å². The summed E-state index contributed by atoms with van der Waals surface area (Å²) >= 11 is 1.03. The van der Waals surface area contributed by atoms with Gasteiger partial charge in [0.05, 0.1) is 22.1 Å².